The van der Waals surface area contributed by atoms with Crippen molar-refractivity contribution in [1.29, 1.82) is 0 Å². The molecule has 3 amide bonds. The van der Waals surface area contributed by atoms with Gasteiger partial charge < -0.3 is 25.8 Å². The number of carbonyl (C=O) groups excluding carboxylic acids is 3. The number of hydrogen-bond acceptors (Lipinski definition) is 5. The van der Waals surface area contributed by atoms with Gasteiger partial charge in [-0.15, -0.1) is 0 Å². The molecule has 1 aliphatic heterocycles. The highest BCUT2D eigenvalue weighted by molar-refractivity contribution is 6.30. The summed E-state index contributed by atoms with van der Waals surface area (Å²) in [4.78, 5) is 51.3. The quantitative estimate of drug-likeness (QED) is 0.222. The number of carbonyl (C=O) groups is 4. The van der Waals surface area contributed by atoms with E-state index in [0.29, 0.717) is 30.2 Å². The van der Waals surface area contributed by atoms with E-state index in [2.05, 4.69) is 16.0 Å². The number of alkyl carbamates (subject to hydrolysis) is 1. The van der Waals surface area contributed by atoms with Crippen molar-refractivity contribution < 1.29 is 29.0 Å². The Labute approximate surface area is 264 Å². The molecule has 2 aromatic rings. The van der Waals surface area contributed by atoms with Crippen molar-refractivity contribution in [1.82, 2.24) is 16.0 Å². The zero-order valence-electron chi connectivity index (χ0n) is 25.5. The van der Waals surface area contributed by atoms with E-state index in [1.165, 1.54) is 0 Å². The molecule has 0 spiro atoms. The molecule has 1 aliphatic carbocycles. The fourth-order valence-corrected chi connectivity index (χ4v) is 6.65. The first-order chi connectivity index (χ1) is 21.0. The van der Waals surface area contributed by atoms with Crippen molar-refractivity contribution in [3.63, 3.8) is 0 Å². The zero-order chi connectivity index (χ0) is 31.7. The minimum Gasteiger partial charge on any atom is -0.480 e. The minimum absolute atomic E-state index is 0.00310. The third kappa shape index (κ3) is 9.97. The Morgan fingerprint density at radius 3 is 2.41 bits per heavy atom. The molecule has 3 unspecified atom stereocenters. The van der Waals surface area contributed by atoms with Crippen LogP contribution in [0.1, 0.15) is 82.4 Å². The first kappa shape index (κ1) is 33.3. The Kier molecular flexibility index (Phi) is 11.7. The first-order valence-electron chi connectivity index (χ1n) is 15.6. The molecular formula is C34H44ClN3O6. The summed E-state index contributed by atoms with van der Waals surface area (Å²) in [5.74, 6) is -2.69. The third-order valence-electron chi connectivity index (χ3n) is 8.66. The van der Waals surface area contributed by atoms with Crippen LogP contribution in [0.3, 0.4) is 0 Å². The predicted molar refractivity (Wildman–Crippen MR) is 168 cm³/mol. The van der Waals surface area contributed by atoms with Crippen molar-refractivity contribution in [2.45, 2.75) is 89.3 Å². The lowest BCUT2D eigenvalue weighted by molar-refractivity contribution is -0.143. The summed E-state index contributed by atoms with van der Waals surface area (Å²) in [6.45, 7) is 3.78. The lowest BCUT2D eigenvalue weighted by Gasteiger charge is -2.28. The van der Waals surface area contributed by atoms with Crippen LogP contribution in [0.4, 0.5) is 4.79 Å². The van der Waals surface area contributed by atoms with E-state index in [1.54, 1.807) is 6.07 Å². The van der Waals surface area contributed by atoms with Gasteiger partial charge in [0.05, 0.1) is 5.92 Å². The fraction of sp³-hybridized carbons (Fsp3) is 0.529. The average Bonchev–Trinajstić information content (AvgIpc) is 3.25. The van der Waals surface area contributed by atoms with Crippen molar-refractivity contribution >= 4 is 35.5 Å². The van der Waals surface area contributed by atoms with E-state index in [9.17, 15) is 24.3 Å². The maximum absolute atomic E-state index is 13.6. The number of halogens is 1. The van der Waals surface area contributed by atoms with Crippen molar-refractivity contribution in [3.05, 3.63) is 70.7 Å². The van der Waals surface area contributed by atoms with Crippen LogP contribution in [-0.4, -0.2) is 47.1 Å². The molecule has 2 aromatic carbocycles. The molecule has 4 atom stereocenters. The fourth-order valence-electron chi connectivity index (χ4n) is 6.44. The maximum Gasteiger partial charge on any atom is 0.407 e. The van der Waals surface area contributed by atoms with Crippen LogP contribution in [-0.2, 0) is 25.5 Å². The van der Waals surface area contributed by atoms with E-state index < -0.39 is 47.5 Å². The monoisotopic (exact) mass is 625 g/mol. The standard InChI is InChI=1S/C34H44ClN3O6/c1-34(2)20-25(31(40)38-34)19-28(32(41)42)37-30(39)26(16-22-10-5-3-6-11-22)21-36-33(43)44-29(24-13-7-4-8-14-24)18-23-12-9-15-27(35)17-23/h4,7-9,12-15,17,22,25-26,28-29H,3,5-6,10-11,16,18-21H2,1-2H3,(H,36,43)(H,37,39)(H,38,40)(H,41,42)/t25?,26-,28?,29?/m0/s1. The first-order valence-corrected chi connectivity index (χ1v) is 16.0. The molecule has 238 valence electrons. The van der Waals surface area contributed by atoms with Gasteiger partial charge in [-0.05, 0) is 62.3 Å². The van der Waals surface area contributed by atoms with E-state index in [4.69, 9.17) is 16.3 Å². The van der Waals surface area contributed by atoms with Gasteiger partial charge in [-0.25, -0.2) is 9.59 Å². The normalized spacial score (nSPS) is 20.2. The molecule has 4 rings (SSSR count). The molecule has 1 saturated carbocycles. The van der Waals surface area contributed by atoms with Gasteiger partial charge in [-0.2, -0.15) is 0 Å². The molecule has 2 fully saturated rings. The molecule has 1 saturated heterocycles. The van der Waals surface area contributed by atoms with Gasteiger partial charge in [-0.1, -0.05) is 86.2 Å². The largest absolute Gasteiger partial charge is 0.480 e. The van der Waals surface area contributed by atoms with Crippen LogP contribution in [0.15, 0.2) is 54.6 Å². The second-order valence-electron chi connectivity index (χ2n) is 12.9. The van der Waals surface area contributed by atoms with E-state index >= 15 is 0 Å². The minimum atomic E-state index is -1.21. The van der Waals surface area contributed by atoms with Crippen LogP contribution >= 0.6 is 11.6 Å². The van der Waals surface area contributed by atoms with E-state index in [-0.39, 0.29) is 18.9 Å². The summed E-state index contributed by atoms with van der Waals surface area (Å²) >= 11 is 6.18. The van der Waals surface area contributed by atoms with Crippen molar-refractivity contribution in [3.8, 4) is 0 Å². The number of benzene rings is 2. The van der Waals surface area contributed by atoms with Crippen LogP contribution < -0.4 is 16.0 Å². The third-order valence-corrected chi connectivity index (χ3v) is 8.90. The van der Waals surface area contributed by atoms with Gasteiger partial charge in [0.15, 0.2) is 0 Å². The van der Waals surface area contributed by atoms with Gasteiger partial charge in [0.25, 0.3) is 0 Å². The lowest BCUT2D eigenvalue weighted by Crippen LogP contribution is -2.48. The summed E-state index contributed by atoms with van der Waals surface area (Å²) in [5.41, 5.74) is 1.31. The highest BCUT2D eigenvalue weighted by Gasteiger charge is 2.40. The van der Waals surface area contributed by atoms with Gasteiger partial charge in [0.2, 0.25) is 11.8 Å². The molecule has 0 bridgehead atoms. The predicted octanol–water partition coefficient (Wildman–Crippen LogP) is 5.81. The highest BCUT2D eigenvalue weighted by Crippen LogP contribution is 2.31. The number of carboxylic acid groups (broad SMARTS) is 1. The second-order valence-corrected chi connectivity index (χ2v) is 13.3. The molecule has 9 nitrogen and oxygen atoms in total. The Bertz CT molecular complexity index is 1300. The van der Waals surface area contributed by atoms with Gasteiger partial charge in [-0.3, -0.25) is 9.59 Å². The number of carboxylic acids is 1. The summed E-state index contributed by atoms with van der Waals surface area (Å²) in [5, 5.41) is 18.9. The van der Waals surface area contributed by atoms with Gasteiger partial charge in [0, 0.05) is 29.4 Å². The Morgan fingerprint density at radius 1 is 1.05 bits per heavy atom. The summed E-state index contributed by atoms with van der Waals surface area (Å²) < 4.78 is 5.88. The van der Waals surface area contributed by atoms with Crippen LogP contribution in [0.5, 0.6) is 0 Å². The van der Waals surface area contributed by atoms with Crippen molar-refractivity contribution in [2.24, 2.45) is 17.8 Å². The Hall–Kier alpha value is -3.59. The van der Waals surface area contributed by atoms with Crippen LogP contribution in [0, 0.1) is 17.8 Å². The molecule has 4 N–H and O–H groups in total. The molecular weight excluding hydrogens is 582 g/mol. The molecule has 44 heavy (non-hydrogen) atoms. The smallest absolute Gasteiger partial charge is 0.407 e. The Balaban J connectivity index is 1.42. The lowest BCUT2D eigenvalue weighted by atomic mass is 9.82. The number of rotatable bonds is 13. The van der Waals surface area contributed by atoms with E-state index in [1.807, 2.05) is 62.4 Å². The summed E-state index contributed by atoms with van der Waals surface area (Å²) in [7, 11) is 0. The number of aliphatic carboxylic acids is 1. The maximum atomic E-state index is 13.6. The number of ether oxygens (including phenoxy) is 1. The molecule has 0 aromatic heterocycles. The second kappa shape index (κ2) is 15.4. The highest BCUT2D eigenvalue weighted by atomic mass is 35.5. The van der Waals surface area contributed by atoms with Gasteiger partial charge in [0.1, 0.15) is 12.1 Å². The number of amides is 3. The topological polar surface area (TPSA) is 134 Å². The number of hydrogen-bond donors (Lipinski definition) is 4. The van der Waals surface area contributed by atoms with E-state index in [0.717, 1.165) is 43.2 Å². The molecule has 0 radical (unpaired) electrons. The van der Waals surface area contributed by atoms with Crippen LogP contribution in [0.2, 0.25) is 5.02 Å². The average molecular weight is 626 g/mol. The molecule has 10 heteroatoms. The molecule has 1 heterocycles. The summed E-state index contributed by atoms with van der Waals surface area (Å²) in [6.07, 6.45) is 5.49. The summed E-state index contributed by atoms with van der Waals surface area (Å²) in [6, 6.07) is 15.6. The van der Waals surface area contributed by atoms with Gasteiger partial charge >= 0.3 is 12.1 Å². The van der Waals surface area contributed by atoms with Crippen molar-refractivity contribution in [2.75, 3.05) is 6.54 Å². The molecule has 2 aliphatic rings. The number of nitrogens with one attached hydrogen (secondary N) is 3. The Morgan fingerprint density at radius 2 is 1.77 bits per heavy atom. The SMILES string of the molecule is CC1(C)CC(CC(NC(=O)[C@H](CNC(=O)OC(Cc2cccc(Cl)c2)c2ccccc2)CC2CCCCC2)C(=O)O)C(=O)N1. The van der Waals surface area contributed by atoms with Crippen LogP contribution in [0.25, 0.3) is 0 Å². The zero-order valence-corrected chi connectivity index (χ0v) is 26.3.